The van der Waals surface area contributed by atoms with Crippen LogP contribution in [0.5, 0.6) is 0 Å². The fourth-order valence-corrected chi connectivity index (χ4v) is 2.88. The van der Waals surface area contributed by atoms with Crippen molar-refractivity contribution in [2.45, 2.75) is 31.5 Å². The van der Waals surface area contributed by atoms with Crippen LogP contribution in [0.25, 0.3) is 0 Å². The number of piperidine rings is 1. The summed E-state index contributed by atoms with van der Waals surface area (Å²) < 4.78 is 0. The molecule has 1 atom stereocenters. The van der Waals surface area contributed by atoms with Gasteiger partial charge in [-0.05, 0) is 36.5 Å². The SMILES string of the molecule is CCC1CCCN(C(=O)c2ccc(CBr)cc2)C1. The van der Waals surface area contributed by atoms with E-state index >= 15 is 0 Å². The van der Waals surface area contributed by atoms with Gasteiger partial charge >= 0.3 is 0 Å². The predicted molar refractivity (Wildman–Crippen MR) is 78.0 cm³/mol. The second-order valence-corrected chi connectivity index (χ2v) is 5.56. The maximum Gasteiger partial charge on any atom is 0.253 e. The van der Waals surface area contributed by atoms with Gasteiger partial charge in [0.05, 0.1) is 0 Å². The van der Waals surface area contributed by atoms with Gasteiger partial charge in [-0.1, -0.05) is 41.4 Å². The summed E-state index contributed by atoms with van der Waals surface area (Å²) in [5, 5.41) is 0.836. The molecule has 1 fully saturated rings. The summed E-state index contributed by atoms with van der Waals surface area (Å²) in [6, 6.07) is 7.91. The van der Waals surface area contributed by atoms with E-state index < -0.39 is 0 Å². The first-order valence-corrected chi connectivity index (χ1v) is 7.81. The first-order valence-electron chi connectivity index (χ1n) is 6.68. The van der Waals surface area contributed by atoms with Gasteiger partial charge < -0.3 is 4.90 Å². The van der Waals surface area contributed by atoms with Gasteiger partial charge in [0.15, 0.2) is 0 Å². The second kappa shape index (κ2) is 6.37. The zero-order valence-corrected chi connectivity index (χ0v) is 12.4. The molecule has 2 nitrogen and oxygen atoms in total. The van der Waals surface area contributed by atoms with Crippen LogP contribution < -0.4 is 0 Å². The van der Waals surface area contributed by atoms with Gasteiger partial charge in [-0.25, -0.2) is 0 Å². The van der Waals surface area contributed by atoms with Gasteiger partial charge in [0.2, 0.25) is 0 Å². The summed E-state index contributed by atoms with van der Waals surface area (Å²) in [7, 11) is 0. The Morgan fingerprint density at radius 1 is 1.39 bits per heavy atom. The summed E-state index contributed by atoms with van der Waals surface area (Å²) >= 11 is 3.42. The Balaban J connectivity index is 2.05. The molecule has 3 heteroatoms. The van der Waals surface area contributed by atoms with Crippen molar-refractivity contribution in [1.82, 2.24) is 4.90 Å². The van der Waals surface area contributed by atoms with E-state index in [0.29, 0.717) is 5.92 Å². The quantitative estimate of drug-likeness (QED) is 0.777. The molecule has 2 rings (SSSR count). The highest BCUT2D eigenvalue weighted by Crippen LogP contribution is 2.21. The molecule has 0 bridgehead atoms. The molecule has 98 valence electrons. The lowest BCUT2D eigenvalue weighted by atomic mass is 9.95. The fourth-order valence-electron chi connectivity index (χ4n) is 2.50. The topological polar surface area (TPSA) is 20.3 Å². The molecule has 1 aliphatic rings. The van der Waals surface area contributed by atoms with E-state index in [4.69, 9.17) is 0 Å². The number of hydrogen-bond donors (Lipinski definition) is 0. The van der Waals surface area contributed by atoms with Crippen LogP contribution in [0.1, 0.15) is 42.1 Å². The number of hydrogen-bond acceptors (Lipinski definition) is 1. The van der Waals surface area contributed by atoms with Crippen LogP contribution in [0.2, 0.25) is 0 Å². The van der Waals surface area contributed by atoms with E-state index in [9.17, 15) is 4.79 Å². The van der Waals surface area contributed by atoms with E-state index in [2.05, 4.69) is 22.9 Å². The van der Waals surface area contributed by atoms with Crippen molar-refractivity contribution in [3.8, 4) is 0 Å². The minimum absolute atomic E-state index is 0.189. The number of halogens is 1. The molecule has 1 saturated heterocycles. The van der Waals surface area contributed by atoms with E-state index in [1.54, 1.807) is 0 Å². The Hall–Kier alpha value is -0.830. The average Bonchev–Trinajstić information content (AvgIpc) is 2.46. The van der Waals surface area contributed by atoms with Crippen LogP contribution >= 0.6 is 15.9 Å². The van der Waals surface area contributed by atoms with E-state index in [-0.39, 0.29) is 5.91 Å². The van der Waals surface area contributed by atoms with Crippen LogP contribution in [0.3, 0.4) is 0 Å². The second-order valence-electron chi connectivity index (χ2n) is 5.00. The van der Waals surface area contributed by atoms with Gasteiger partial charge in [-0.3, -0.25) is 4.79 Å². The van der Waals surface area contributed by atoms with Crippen LogP contribution in [-0.2, 0) is 5.33 Å². The van der Waals surface area contributed by atoms with Gasteiger partial charge in [0.1, 0.15) is 0 Å². The summed E-state index contributed by atoms with van der Waals surface area (Å²) in [5.74, 6) is 0.874. The molecule has 0 saturated carbocycles. The largest absolute Gasteiger partial charge is 0.338 e. The van der Waals surface area contributed by atoms with Crippen molar-refractivity contribution in [3.63, 3.8) is 0 Å². The number of amides is 1. The average molecular weight is 310 g/mol. The number of carbonyl (C=O) groups is 1. The third-order valence-corrected chi connectivity index (χ3v) is 4.39. The Morgan fingerprint density at radius 3 is 2.72 bits per heavy atom. The van der Waals surface area contributed by atoms with Crippen molar-refractivity contribution in [1.29, 1.82) is 0 Å². The molecule has 1 heterocycles. The summed E-state index contributed by atoms with van der Waals surface area (Å²) in [5.41, 5.74) is 2.02. The molecule has 1 aromatic rings. The molecular formula is C15H20BrNO. The maximum absolute atomic E-state index is 12.4. The number of carbonyl (C=O) groups excluding carboxylic acids is 1. The van der Waals surface area contributed by atoms with Crippen molar-refractivity contribution in [3.05, 3.63) is 35.4 Å². The zero-order valence-electron chi connectivity index (χ0n) is 10.9. The van der Waals surface area contributed by atoms with E-state index in [1.165, 1.54) is 18.4 Å². The first-order chi connectivity index (χ1) is 8.74. The van der Waals surface area contributed by atoms with Gasteiger partial charge in [0, 0.05) is 24.0 Å². The van der Waals surface area contributed by atoms with Crippen LogP contribution in [0.15, 0.2) is 24.3 Å². The highest BCUT2D eigenvalue weighted by Gasteiger charge is 2.23. The van der Waals surface area contributed by atoms with Gasteiger partial charge in [0.25, 0.3) is 5.91 Å². The maximum atomic E-state index is 12.4. The Bertz CT molecular complexity index is 401. The lowest BCUT2D eigenvalue weighted by Gasteiger charge is -2.32. The molecule has 0 aromatic heterocycles. The Labute approximate surface area is 117 Å². The molecule has 0 radical (unpaired) electrons. The third kappa shape index (κ3) is 3.14. The van der Waals surface area contributed by atoms with Crippen molar-refractivity contribution >= 4 is 21.8 Å². The fraction of sp³-hybridized carbons (Fsp3) is 0.533. The highest BCUT2D eigenvalue weighted by atomic mass is 79.9. The number of likely N-dealkylation sites (tertiary alicyclic amines) is 1. The summed E-state index contributed by atoms with van der Waals surface area (Å²) in [4.78, 5) is 14.4. The number of rotatable bonds is 3. The molecule has 0 aliphatic carbocycles. The minimum Gasteiger partial charge on any atom is -0.338 e. The van der Waals surface area contributed by atoms with Crippen molar-refractivity contribution in [2.75, 3.05) is 13.1 Å². The molecule has 0 N–H and O–H groups in total. The van der Waals surface area contributed by atoms with E-state index in [0.717, 1.165) is 30.4 Å². The predicted octanol–water partition coefficient (Wildman–Crippen LogP) is 3.84. The molecule has 1 aliphatic heterocycles. The first kappa shape index (κ1) is 13.6. The van der Waals surface area contributed by atoms with Crippen LogP contribution in [0.4, 0.5) is 0 Å². The molecule has 1 aromatic carbocycles. The lowest BCUT2D eigenvalue weighted by molar-refractivity contribution is 0.0671. The minimum atomic E-state index is 0.189. The zero-order chi connectivity index (χ0) is 13.0. The molecule has 0 spiro atoms. The van der Waals surface area contributed by atoms with Crippen molar-refractivity contribution < 1.29 is 4.79 Å². The van der Waals surface area contributed by atoms with Gasteiger partial charge in [-0.2, -0.15) is 0 Å². The van der Waals surface area contributed by atoms with Crippen LogP contribution in [0, 0.1) is 5.92 Å². The van der Waals surface area contributed by atoms with E-state index in [1.807, 2.05) is 29.2 Å². The molecular weight excluding hydrogens is 290 g/mol. The Morgan fingerprint density at radius 2 is 2.11 bits per heavy atom. The molecule has 1 unspecified atom stereocenters. The van der Waals surface area contributed by atoms with Gasteiger partial charge in [-0.15, -0.1) is 0 Å². The standard InChI is InChI=1S/C15H20BrNO/c1-2-12-4-3-9-17(11-12)15(18)14-7-5-13(10-16)6-8-14/h5-8,12H,2-4,9-11H2,1H3. The highest BCUT2D eigenvalue weighted by molar-refractivity contribution is 9.08. The molecule has 1 amide bonds. The number of benzene rings is 1. The normalized spacial score (nSPS) is 19.9. The Kier molecular flexibility index (Phi) is 4.81. The van der Waals surface area contributed by atoms with Crippen LogP contribution in [-0.4, -0.2) is 23.9 Å². The monoisotopic (exact) mass is 309 g/mol. The number of alkyl halides is 1. The third-order valence-electron chi connectivity index (χ3n) is 3.74. The van der Waals surface area contributed by atoms with Crippen molar-refractivity contribution in [2.24, 2.45) is 5.92 Å². The smallest absolute Gasteiger partial charge is 0.253 e. The lowest BCUT2D eigenvalue weighted by Crippen LogP contribution is -2.39. The summed E-state index contributed by atoms with van der Waals surface area (Å²) in [6.45, 7) is 4.05. The molecule has 18 heavy (non-hydrogen) atoms. The number of nitrogens with zero attached hydrogens (tertiary/aromatic N) is 1. The summed E-state index contributed by atoms with van der Waals surface area (Å²) in [6.07, 6.45) is 3.58.